The minimum Gasteiger partial charge on any atom is -0.479 e. The van der Waals surface area contributed by atoms with E-state index in [-0.39, 0.29) is 21.7 Å². The second kappa shape index (κ2) is 5.98. The number of alkyl halides is 3. The van der Waals surface area contributed by atoms with Crippen LogP contribution in [0.5, 0.6) is 0 Å². The molecule has 0 fully saturated rings. The quantitative estimate of drug-likeness (QED) is 0.889. The van der Waals surface area contributed by atoms with Crippen LogP contribution < -0.4 is 0 Å². The number of aliphatic hydroxyl groups is 1. The van der Waals surface area contributed by atoms with Crippen LogP contribution in [0.15, 0.2) is 42.5 Å². The molecule has 7 heteroatoms. The van der Waals surface area contributed by atoms with E-state index in [4.69, 9.17) is 16.7 Å². The van der Waals surface area contributed by atoms with Crippen molar-refractivity contribution in [3.63, 3.8) is 0 Å². The number of hydrogen-bond donors (Lipinski definition) is 2. The molecule has 0 aliphatic carbocycles. The Hall–Kier alpha value is -2.05. The molecule has 0 bridgehead atoms. The molecule has 3 nitrogen and oxygen atoms in total. The normalized spacial score (nSPS) is 13.0. The number of carbonyl (C=O) groups is 1. The molecule has 0 saturated carbocycles. The fourth-order valence-corrected chi connectivity index (χ4v) is 2.35. The average Bonchev–Trinajstić information content (AvgIpc) is 2.45. The van der Waals surface area contributed by atoms with Gasteiger partial charge in [0.2, 0.25) is 0 Å². The van der Waals surface area contributed by atoms with Crippen LogP contribution in [0.2, 0.25) is 5.02 Å². The van der Waals surface area contributed by atoms with Crippen molar-refractivity contribution in [1.29, 1.82) is 0 Å². The minimum absolute atomic E-state index is 0.0529. The molecular weight excluding hydrogens is 321 g/mol. The average molecular weight is 331 g/mol. The molecule has 0 spiro atoms. The molecule has 0 aromatic heterocycles. The molecule has 116 valence electrons. The standard InChI is InChI=1S/C15H10ClF3O3/c16-11-6-2-5-10(13(20)14(21)22)12(11)8-3-1-4-9(7-8)15(17,18)19/h1-7,13,20H,(H,21,22). The predicted octanol–water partition coefficient (Wildman–Crippen LogP) is 4.14. The summed E-state index contributed by atoms with van der Waals surface area (Å²) < 4.78 is 38.4. The molecule has 22 heavy (non-hydrogen) atoms. The SMILES string of the molecule is O=C(O)C(O)c1cccc(Cl)c1-c1cccc(C(F)(F)F)c1. The number of carboxylic acids is 1. The van der Waals surface area contributed by atoms with Gasteiger partial charge in [-0.05, 0) is 23.8 Å². The van der Waals surface area contributed by atoms with Crippen LogP contribution in [-0.2, 0) is 11.0 Å². The van der Waals surface area contributed by atoms with Crippen molar-refractivity contribution in [3.8, 4) is 11.1 Å². The van der Waals surface area contributed by atoms with Crippen LogP contribution in [0.3, 0.4) is 0 Å². The minimum atomic E-state index is -4.54. The van der Waals surface area contributed by atoms with Crippen molar-refractivity contribution in [1.82, 2.24) is 0 Å². The van der Waals surface area contributed by atoms with E-state index >= 15 is 0 Å². The first-order valence-corrected chi connectivity index (χ1v) is 6.46. The summed E-state index contributed by atoms with van der Waals surface area (Å²) in [5.41, 5.74) is -0.819. The molecule has 0 heterocycles. The maximum absolute atomic E-state index is 12.8. The van der Waals surface area contributed by atoms with Gasteiger partial charge >= 0.3 is 12.1 Å². The second-order valence-corrected chi connectivity index (χ2v) is 4.93. The topological polar surface area (TPSA) is 57.5 Å². The molecule has 2 rings (SSSR count). The molecule has 0 aliphatic heterocycles. The van der Waals surface area contributed by atoms with Crippen molar-refractivity contribution in [2.75, 3.05) is 0 Å². The number of rotatable bonds is 3. The number of benzene rings is 2. The van der Waals surface area contributed by atoms with Gasteiger partial charge in [-0.2, -0.15) is 13.2 Å². The molecule has 1 atom stereocenters. The highest BCUT2D eigenvalue weighted by molar-refractivity contribution is 6.33. The van der Waals surface area contributed by atoms with E-state index in [2.05, 4.69) is 0 Å². The Bertz CT molecular complexity index is 713. The van der Waals surface area contributed by atoms with Crippen LogP contribution in [-0.4, -0.2) is 16.2 Å². The lowest BCUT2D eigenvalue weighted by atomic mass is 9.95. The Morgan fingerprint density at radius 3 is 2.36 bits per heavy atom. The van der Waals surface area contributed by atoms with Gasteiger partial charge in [-0.25, -0.2) is 4.79 Å². The van der Waals surface area contributed by atoms with Gasteiger partial charge in [0.15, 0.2) is 6.10 Å². The number of carboxylic acid groups (broad SMARTS) is 1. The molecule has 2 N–H and O–H groups in total. The largest absolute Gasteiger partial charge is 0.479 e. The highest BCUT2D eigenvalue weighted by Crippen LogP contribution is 2.38. The molecule has 0 aliphatic rings. The highest BCUT2D eigenvalue weighted by Gasteiger charge is 2.31. The summed E-state index contributed by atoms with van der Waals surface area (Å²) in [6.45, 7) is 0. The third-order valence-electron chi connectivity index (χ3n) is 3.05. The van der Waals surface area contributed by atoms with Crippen molar-refractivity contribution in [3.05, 3.63) is 58.6 Å². The van der Waals surface area contributed by atoms with E-state index in [0.717, 1.165) is 12.1 Å². The summed E-state index contributed by atoms with van der Waals surface area (Å²) in [6, 6.07) is 8.45. The maximum atomic E-state index is 12.8. The van der Waals surface area contributed by atoms with E-state index in [1.54, 1.807) is 0 Å². The van der Waals surface area contributed by atoms with Crippen LogP contribution in [0.1, 0.15) is 17.2 Å². The van der Waals surface area contributed by atoms with Crippen LogP contribution >= 0.6 is 11.6 Å². The number of aliphatic hydroxyl groups excluding tert-OH is 1. The molecule has 1 unspecified atom stereocenters. The zero-order chi connectivity index (χ0) is 16.5. The van der Waals surface area contributed by atoms with Gasteiger partial charge in [0, 0.05) is 16.1 Å². The zero-order valence-corrected chi connectivity index (χ0v) is 11.7. The maximum Gasteiger partial charge on any atom is 0.416 e. The Balaban J connectivity index is 2.65. The van der Waals surface area contributed by atoms with Crippen LogP contribution in [0, 0.1) is 0 Å². The predicted molar refractivity (Wildman–Crippen MR) is 74.5 cm³/mol. The Morgan fingerprint density at radius 1 is 1.14 bits per heavy atom. The molecule has 0 saturated heterocycles. The summed E-state index contributed by atoms with van der Waals surface area (Å²) in [5.74, 6) is -1.52. The number of halogens is 4. The van der Waals surface area contributed by atoms with Gasteiger partial charge in [0.25, 0.3) is 0 Å². The first-order valence-electron chi connectivity index (χ1n) is 6.08. The summed E-state index contributed by atoms with van der Waals surface area (Å²) in [6.07, 6.45) is -6.42. The third kappa shape index (κ3) is 3.23. The van der Waals surface area contributed by atoms with Crippen molar-refractivity contribution >= 4 is 17.6 Å². The molecule has 2 aromatic carbocycles. The Morgan fingerprint density at radius 2 is 1.77 bits per heavy atom. The molecule has 0 radical (unpaired) electrons. The van der Waals surface area contributed by atoms with Crippen molar-refractivity contribution in [2.45, 2.75) is 12.3 Å². The lowest BCUT2D eigenvalue weighted by Crippen LogP contribution is -2.12. The summed E-state index contributed by atoms with van der Waals surface area (Å²) in [4.78, 5) is 10.9. The third-order valence-corrected chi connectivity index (χ3v) is 3.37. The van der Waals surface area contributed by atoms with Crippen molar-refractivity contribution in [2.24, 2.45) is 0 Å². The van der Waals surface area contributed by atoms with E-state index in [1.807, 2.05) is 0 Å². The van der Waals surface area contributed by atoms with Crippen LogP contribution in [0.4, 0.5) is 13.2 Å². The highest BCUT2D eigenvalue weighted by atomic mass is 35.5. The van der Waals surface area contributed by atoms with Crippen molar-refractivity contribution < 1.29 is 28.2 Å². The second-order valence-electron chi connectivity index (χ2n) is 4.52. The zero-order valence-electron chi connectivity index (χ0n) is 10.9. The fraction of sp³-hybridized carbons (Fsp3) is 0.133. The lowest BCUT2D eigenvalue weighted by Gasteiger charge is -2.15. The fourth-order valence-electron chi connectivity index (χ4n) is 2.06. The Kier molecular flexibility index (Phi) is 4.44. The number of aliphatic carboxylic acids is 1. The van der Waals surface area contributed by atoms with Crippen LogP contribution in [0.25, 0.3) is 11.1 Å². The van der Waals surface area contributed by atoms with E-state index in [0.29, 0.717) is 0 Å². The van der Waals surface area contributed by atoms with E-state index in [9.17, 15) is 23.1 Å². The first kappa shape index (κ1) is 16.3. The monoisotopic (exact) mass is 330 g/mol. The molecular formula is C15H10ClF3O3. The Labute approximate surface area is 128 Å². The van der Waals surface area contributed by atoms with Gasteiger partial charge in [0.05, 0.1) is 5.56 Å². The van der Waals surface area contributed by atoms with E-state index in [1.165, 1.54) is 30.3 Å². The number of hydrogen-bond acceptors (Lipinski definition) is 2. The van der Waals surface area contributed by atoms with Gasteiger partial charge in [-0.3, -0.25) is 0 Å². The first-order chi connectivity index (χ1) is 10.2. The summed E-state index contributed by atoms with van der Waals surface area (Å²) in [5, 5.41) is 18.7. The molecule has 0 amide bonds. The summed E-state index contributed by atoms with van der Waals surface area (Å²) in [7, 11) is 0. The smallest absolute Gasteiger partial charge is 0.416 e. The van der Waals surface area contributed by atoms with Gasteiger partial charge < -0.3 is 10.2 Å². The van der Waals surface area contributed by atoms with Gasteiger partial charge in [0.1, 0.15) is 0 Å². The summed E-state index contributed by atoms with van der Waals surface area (Å²) >= 11 is 5.99. The van der Waals surface area contributed by atoms with Gasteiger partial charge in [-0.15, -0.1) is 0 Å². The lowest BCUT2D eigenvalue weighted by molar-refractivity contribution is -0.147. The molecule has 2 aromatic rings. The van der Waals surface area contributed by atoms with Gasteiger partial charge in [-0.1, -0.05) is 35.9 Å². The van der Waals surface area contributed by atoms with E-state index < -0.39 is 23.8 Å².